The molecule has 1 atom stereocenters. The summed E-state index contributed by atoms with van der Waals surface area (Å²) in [7, 11) is 0. The summed E-state index contributed by atoms with van der Waals surface area (Å²) in [6.07, 6.45) is 1.28. The van der Waals surface area contributed by atoms with E-state index >= 15 is 0 Å². The second-order valence-electron chi connectivity index (χ2n) is 5.70. The maximum Gasteiger partial charge on any atom is 0.407 e. The molecule has 0 aliphatic carbocycles. The van der Waals surface area contributed by atoms with Gasteiger partial charge in [0.2, 0.25) is 5.91 Å². The van der Waals surface area contributed by atoms with Gasteiger partial charge in [-0.2, -0.15) is 0 Å². The van der Waals surface area contributed by atoms with Gasteiger partial charge in [-0.1, -0.05) is 19.1 Å². The lowest BCUT2D eigenvalue weighted by atomic mass is 10.3. The molecule has 1 aliphatic rings. The van der Waals surface area contributed by atoms with Gasteiger partial charge in [0.05, 0.1) is 18.0 Å². The Balaban J connectivity index is 2.12. The molecule has 3 amide bonds. The lowest BCUT2D eigenvalue weighted by molar-refractivity contribution is -0.130. The van der Waals surface area contributed by atoms with Gasteiger partial charge in [-0.25, -0.2) is 4.79 Å². The van der Waals surface area contributed by atoms with E-state index in [1.807, 2.05) is 12.3 Å². The molecule has 1 saturated heterocycles. The average molecular weight is 365 g/mol. The van der Waals surface area contributed by atoms with E-state index in [4.69, 9.17) is 4.74 Å². The zero-order valence-corrected chi connectivity index (χ0v) is 15.1. The molecule has 7 nitrogen and oxygen atoms in total. The molecule has 0 saturated carbocycles. The molecule has 1 N–H and O–H groups in total. The Labute approximate surface area is 151 Å². The molecule has 2 heterocycles. The van der Waals surface area contributed by atoms with Gasteiger partial charge in [-0.15, -0.1) is 17.9 Å². The fourth-order valence-electron chi connectivity index (χ4n) is 2.52. The van der Waals surface area contributed by atoms with Gasteiger partial charge < -0.3 is 19.9 Å². The first-order chi connectivity index (χ1) is 12.0. The van der Waals surface area contributed by atoms with Crippen LogP contribution in [0.15, 0.2) is 30.2 Å². The topological polar surface area (TPSA) is 79.0 Å². The first-order valence-corrected chi connectivity index (χ1v) is 9.09. The Hall–Kier alpha value is -2.35. The lowest BCUT2D eigenvalue weighted by Gasteiger charge is -2.23. The van der Waals surface area contributed by atoms with E-state index in [1.165, 1.54) is 16.2 Å². The summed E-state index contributed by atoms with van der Waals surface area (Å²) in [4.78, 5) is 40.5. The standard InChI is InChI=1S/C17H23N3O4S/c1-3-7-18-17(23)24-13-10-19(8-4-2)15(21)12-20(11-13)16(22)14-6-5-9-25-14/h4-6,9,13H,2-3,7-8,10-12H2,1H3,(H,18,23). The van der Waals surface area contributed by atoms with E-state index in [1.54, 1.807) is 23.1 Å². The van der Waals surface area contributed by atoms with E-state index in [2.05, 4.69) is 11.9 Å². The average Bonchev–Trinajstić information content (AvgIpc) is 3.07. The SMILES string of the molecule is C=CCN1CC(OC(=O)NCCC)CN(C(=O)c2cccs2)CC1=O. The molecular formula is C17H23N3O4S. The van der Waals surface area contributed by atoms with Crippen molar-refractivity contribution >= 4 is 29.2 Å². The normalized spacial score (nSPS) is 17.8. The predicted octanol–water partition coefficient (Wildman–Crippen LogP) is 1.72. The zero-order valence-electron chi connectivity index (χ0n) is 14.3. The molecule has 8 heteroatoms. The van der Waals surface area contributed by atoms with Crippen molar-refractivity contribution in [3.05, 3.63) is 35.0 Å². The van der Waals surface area contributed by atoms with Crippen LogP contribution in [0, 0.1) is 0 Å². The number of carbonyl (C=O) groups excluding carboxylic acids is 3. The third kappa shape index (κ3) is 5.32. The van der Waals surface area contributed by atoms with Crippen molar-refractivity contribution in [2.75, 3.05) is 32.7 Å². The molecule has 1 aromatic rings. The summed E-state index contributed by atoms with van der Waals surface area (Å²) >= 11 is 1.32. The van der Waals surface area contributed by atoms with Crippen LogP contribution in [0.25, 0.3) is 0 Å². The third-order valence-corrected chi connectivity index (χ3v) is 4.55. The molecule has 1 aliphatic heterocycles. The predicted molar refractivity (Wildman–Crippen MR) is 95.6 cm³/mol. The van der Waals surface area contributed by atoms with Crippen molar-refractivity contribution in [1.29, 1.82) is 0 Å². The largest absolute Gasteiger partial charge is 0.442 e. The summed E-state index contributed by atoms with van der Waals surface area (Å²) in [5.74, 6) is -0.420. The number of nitrogens with zero attached hydrogens (tertiary/aromatic N) is 2. The number of hydrogen-bond acceptors (Lipinski definition) is 5. The van der Waals surface area contributed by atoms with Gasteiger partial charge in [0.25, 0.3) is 5.91 Å². The number of carbonyl (C=O) groups is 3. The Morgan fingerprint density at radius 1 is 1.48 bits per heavy atom. The van der Waals surface area contributed by atoms with E-state index in [9.17, 15) is 14.4 Å². The highest BCUT2D eigenvalue weighted by atomic mass is 32.1. The monoisotopic (exact) mass is 365 g/mol. The van der Waals surface area contributed by atoms with Gasteiger partial charge in [0, 0.05) is 13.1 Å². The minimum absolute atomic E-state index is 0.0407. The van der Waals surface area contributed by atoms with Crippen molar-refractivity contribution < 1.29 is 19.1 Å². The van der Waals surface area contributed by atoms with Gasteiger partial charge in [0.15, 0.2) is 0 Å². The first kappa shape index (κ1) is 19.0. The van der Waals surface area contributed by atoms with Crippen LogP contribution in [0.2, 0.25) is 0 Å². The Kier molecular flexibility index (Phi) is 7.00. The number of thiophene rings is 1. The van der Waals surface area contributed by atoms with Gasteiger partial charge >= 0.3 is 6.09 Å². The van der Waals surface area contributed by atoms with Crippen LogP contribution in [0.4, 0.5) is 4.79 Å². The van der Waals surface area contributed by atoms with Crippen LogP contribution in [-0.2, 0) is 9.53 Å². The molecule has 25 heavy (non-hydrogen) atoms. The molecule has 0 bridgehead atoms. The van der Waals surface area contributed by atoms with Crippen molar-refractivity contribution in [3.8, 4) is 0 Å². The van der Waals surface area contributed by atoms with Crippen molar-refractivity contribution in [1.82, 2.24) is 15.1 Å². The van der Waals surface area contributed by atoms with Crippen LogP contribution >= 0.6 is 11.3 Å². The van der Waals surface area contributed by atoms with Crippen LogP contribution in [0.5, 0.6) is 0 Å². The second kappa shape index (κ2) is 9.22. The summed E-state index contributed by atoms with van der Waals surface area (Å²) in [5.41, 5.74) is 0. The Bertz CT molecular complexity index is 617. The van der Waals surface area contributed by atoms with E-state index in [0.29, 0.717) is 18.0 Å². The molecule has 136 valence electrons. The number of rotatable bonds is 6. The molecule has 0 aromatic carbocycles. The number of alkyl carbamates (subject to hydrolysis) is 1. The number of nitrogens with one attached hydrogen (secondary N) is 1. The quantitative estimate of drug-likeness (QED) is 0.779. The number of amides is 3. The first-order valence-electron chi connectivity index (χ1n) is 8.21. The van der Waals surface area contributed by atoms with E-state index in [-0.39, 0.29) is 31.4 Å². The molecule has 1 unspecified atom stereocenters. The Morgan fingerprint density at radius 3 is 2.92 bits per heavy atom. The molecular weight excluding hydrogens is 342 g/mol. The molecule has 1 fully saturated rings. The lowest BCUT2D eigenvalue weighted by Crippen LogP contribution is -2.41. The molecule has 1 aromatic heterocycles. The third-order valence-electron chi connectivity index (χ3n) is 3.69. The van der Waals surface area contributed by atoms with Crippen molar-refractivity contribution in [3.63, 3.8) is 0 Å². The van der Waals surface area contributed by atoms with Crippen molar-refractivity contribution in [2.45, 2.75) is 19.4 Å². The summed E-state index contributed by atoms with van der Waals surface area (Å²) in [6, 6.07) is 3.50. The molecule has 2 rings (SSSR count). The highest BCUT2D eigenvalue weighted by molar-refractivity contribution is 7.12. The number of hydrogen-bond donors (Lipinski definition) is 1. The fourth-order valence-corrected chi connectivity index (χ4v) is 3.21. The van der Waals surface area contributed by atoms with Crippen LogP contribution in [0.3, 0.4) is 0 Å². The number of ether oxygens (including phenoxy) is 1. The Morgan fingerprint density at radius 2 is 2.28 bits per heavy atom. The van der Waals surface area contributed by atoms with Gasteiger partial charge in [-0.05, 0) is 17.9 Å². The minimum Gasteiger partial charge on any atom is -0.442 e. The van der Waals surface area contributed by atoms with Gasteiger partial charge in [-0.3, -0.25) is 9.59 Å². The summed E-state index contributed by atoms with van der Waals surface area (Å²) in [6.45, 7) is 6.82. The van der Waals surface area contributed by atoms with Gasteiger partial charge in [0.1, 0.15) is 12.6 Å². The smallest absolute Gasteiger partial charge is 0.407 e. The van der Waals surface area contributed by atoms with Crippen molar-refractivity contribution in [2.24, 2.45) is 0 Å². The maximum absolute atomic E-state index is 12.6. The van der Waals surface area contributed by atoms with Crippen LogP contribution < -0.4 is 5.32 Å². The molecule has 0 radical (unpaired) electrons. The minimum atomic E-state index is -0.591. The zero-order chi connectivity index (χ0) is 18.2. The van der Waals surface area contributed by atoms with Crippen LogP contribution in [-0.4, -0.2) is 66.5 Å². The van der Waals surface area contributed by atoms with E-state index < -0.39 is 12.2 Å². The van der Waals surface area contributed by atoms with E-state index in [0.717, 1.165) is 6.42 Å². The fraction of sp³-hybridized carbons (Fsp3) is 0.471. The highest BCUT2D eigenvalue weighted by Gasteiger charge is 2.32. The second-order valence-corrected chi connectivity index (χ2v) is 6.65. The van der Waals surface area contributed by atoms with Crippen LogP contribution in [0.1, 0.15) is 23.0 Å². The summed E-state index contributed by atoms with van der Waals surface area (Å²) in [5, 5.41) is 4.45. The summed E-state index contributed by atoms with van der Waals surface area (Å²) < 4.78 is 5.43. The molecule has 0 spiro atoms. The maximum atomic E-state index is 12.6. The highest BCUT2D eigenvalue weighted by Crippen LogP contribution is 2.16.